The summed E-state index contributed by atoms with van der Waals surface area (Å²) >= 11 is 6.19. The van der Waals surface area contributed by atoms with Gasteiger partial charge >= 0.3 is 0 Å². The highest BCUT2D eigenvalue weighted by molar-refractivity contribution is 6.34. The predicted molar refractivity (Wildman–Crippen MR) is 87.5 cm³/mol. The smallest absolute Gasteiger partial charge is 0.136 e. The van der Waals surface area contributed by atoms with Gasteiger partial charge in [-0.05, 0) is 28.5 Å². The van der Waals surface area contributed by atoms with Crippen LogP contribution in [0.25, 0.3) is 32.7 Å². The van der Waals surface area contributed by atoms with Gasteiger partial charge in [-0.3, -0.25) is 4.98 Å². The molecule has 0 aliphatic rings. The second kappa shape index (κ2) is 4.83. The lowest BCUT2D eigenvalue weighted by atomic mass is 9.99. The number of hydrogen-bond donors (Lipinski definition) is 0. The molecule has 0 radical (unpaired) electrons. The molecule has 0 spiro atoms. The largest absolute Gasteiger partial charge is 0.264 e. The minimum Gasteiger partial charge on any atom is -0.264 e. The summed E-state index contributed by atoms with van der Waals surface area (Å²) in [5, 5.41) is 4.93. The van der Waals surface area contributed by atoms with Crippen molar-refractivity contribution in [3.05, 3.63) is 72.3 Å². The minimum atomic E-state index is 0.539. The number of rotatable bonds is 1. The third-order valence-corrected chi connectivity index (χ3v) is 4.00. The molecule has 2 heterocycles. The van der Waals surface area contributed by atoms with Crippen molar-refractivity contribution >= 4 is 33.1 Å². The molecule has 4 rings (SSSR count). The van der Waals surface area contributed by atoms with E-state index in [4.69, 9.17) is 11.6 Å². The fraction of sp³-hybridized carbons (Fsp3) is 0. The number of benzene rings is 2. The predicted octanol–water partition coefficient (Wildman–Crippen LogP) is 5.10. The van der Waals surface area contributed by atoms with E-state index in [2.05, 4.69) is 34.2 Å². The van der Waals surface area contributed by atoms with Crippen LogP contribution in [0.5, 0.6) is 0 Å². The van der Waals surface area contributed by atoms with Gasteiger partial charge in [-0.15, -0.1) is 0 Å². The molecule has 2 aromatic carbocycles. The van der Waals surface area contributed by atoms with Gasteiger partial charge in [0.1, 0.15) is 5.15 Å². The average Bonchev–Trinajstić information content (AvgIpc) is 2.55. The maximum absolute atomic E-state index is 6.19. The van der Waals surface area contributed by atoms with E-state index in [0.717, 1.165) is 27.3 Å². The Morgan fingerprint density at radius 2 is 1.67 bits per heavy atom. The summed E-state index contributed by atoms with van der Waals surface area (Å²) in [6, 6.07) is 16.4. The van der Waals surface area contributed by atoms with E-state index in [1.165, 1.54) is 5.39 Å². The molecule has 21 heavy (non-hydrogen) atoms. The molecule has 0 fully saturated rings. The third kappa shape index (κ3) is 2.05. The molecule has 2 nitrogen and oxygen atoms in total. The lowest BCUT2D eigenvalue weighted by molar-refractivity contribution is 1.35. The number of hydrogen-bond acceptors (Lipinski definition) is 2. The van der Waals surface area contributed by atoms with Crippen LogP contribution in [-0.4, -0.2) is 9.97 Å². The van der Waals surface area contributed by atoms with Gasteiger partial charge in [0, 0.05) is 34.9 Å². The first-order valence-corrected chi connectivity index (χ1v) is 7.08. The summed E-state index contributed by atoms with van der Waals surface area (Å²) in [6.07, 6.45) is 5.52. The number of fused-ring (bicyclic) bond motifs is 2. The molecular weight excluding hydrogens is 280 g/mol. The van der Waals surface area contributed by atoms with Gasteiger partial charge in [0.2, 0.25) is 0 Å². The molecule has 3 heteroatoms. The Hall–Kier alpha value is -2.45. The van der Waals surface area contributed by atoms with E-state index in [-0.39, 0.29) is 0 Å². The van der Waals surface area contributed by atoms with Crippen LogP contribution in [0, 0.1) is 0 Å². The molecule has 2 aromatic heterocycles. The standard InChI is InChI=1S/C18H11ClN2/c19-18-16-4-2-1-3-15(16)17(11-21-18)13-6-5-12-7-8-20-10-14(12)9-13/h1-11H. The van der Waals surface area contributed by atoms with Crippen molar-refractivity contribution < 1.29 is 0 Å². The second-order valence-electron chi connectivity index (χ2n) is 4.95. The van der Waals surface area contributed by atoms with Gasteiger partial charge in [0.15, 0.2) is 0 Å². The van der Waals surface area contributed by atoms with Crippen LogP contribution >= 0.6 is 11.6 Å². The van der Waals surface area contributed by atoms with E-state index in [9.17, 15) is 0 Å². The van der Waals surface area contributed by atoms with Crippen LogP contribution in [0.4, 0.5) is 0 Å². The molecule has 4 aromatic rings. The Morgan fingerprint density at radius 1 is 0.810 bits per heavy atom. The van der Waals surface area contributed by atoms with Crippen molar-refractivity contribution in [3.8, 4) is 11.1 Å². The number of nitrogens with zero attached hydrogens (tertiary/aromatic N) is 2. The molecule has 0 amide bonds. The van der Waals surface area contributed by atoms with Crippen molar-refractivity contribution in [1.29, 1.82) is 0 Å². The summed E-state index contributed by atoms with van der Waals surface area (Å²) in [4.78, 5) is 8.50. The summed E-state index contributed by atoms with van der Waals surface area (Å²) in [5.41, 5.74) is 2.21. The third-order valence-electron chi connectivity index (χ3n) is 3.70. The quantitative estimate of drug-likeness (QED) is 0.456. The molecule has 100 valence electrons. The Morgan fingerprint density at radius 3 is 2.57 bits per heavy atom. The number of pyridine rings is 2. The SMILES string of the molecule is Clc1ncc(-c2ccc3ccncc3c2)c2ccccc12. The van der Waals surface area contributed by atoms with Gasteiger partial charge in [-0.1, -0.05) is 48.0 Å². The maximum atomic E-state index is 6.19. The first-order valence-electron chi connectivity index (χ1n) is 6.70. The fourth-order valence-corrected chi connectivity index (χ4v) is 2.85. The molecule has 0 bridgehead atoms. The normalized spacial score (nSPS) is 11.1. The zero-order valence-corrected chi connectivity index (χ0v) is 11.9. The summed E-state index contributed by atoms with van der Waals surface area (Å²) in [7, 11) is 0. The van der Waals surface area contributed by atoms with Crippen molar-refractivity contribution in [3.63, 3.8) is 0 Å². The number of halogens is 1. The van der Waals surface area contributed by atoms with Crippen molar-refractivity contribution in [2.24, 2.45) is 0 Å². The van der Waals surface area contributed by atoms with E-state index >= 15 is 0 Å². The van der Waals surface area contributed by atoms with E-state index < -0.39 is 0 Å². The molecule has 0 saturated heterocycles. The minimum absolute atomic E-state index is 0.539. The zero-order valence-electron chi connectivity index (χ0n) is 11.1. The van der Waals surface area contributed by atoms with Crippen molar-refractivity contribution in [2.75, 3.05) is 0 Å². The summed E-state index contributed by atoms with van der Waals surface area (Å²) < 4.78 is 0. The lowest BCUT2D eigenvalue weighted by Gasteiger charge is -2.08. The van der Waals surface area contributed by atoms with Crippen molar-refractivity contribution in [1.82, 2.24) is 9.97 Å². The molecular formula is C18H11ClN2. The Kier molecular flexibility index (Phi) is 2.83. The zero-order chi connectivity index (χ0) is 14.2. The first-order chi connectivity index (χ1) is 10.3. The van der Waals surface area contributed by atoms with Gasteiger partial charge in [0.05, 0.1) is 0 Å². The number of aromatic nitrogens is 2. The second-order valence-corrected chi connectivity index (χ2v) is 5.30. The molecule has 0 aliphatic heterocycles. The van der Waals surface area contributed by atoms with E-state index in [1.54, 1.807) is 6.20 Å². The Labute approximate surface area is 127 Å². The maximum Gasteiger partial charge on any atom is 0.136 e. The van der Waals surface area contributed by atoms with Crippen LogP contribution in [-0.2, 0) is 0 Å². The van der Waals surface area contributed by atoms with Crippen molar-refractivity contribution in [2.45, 2.75) is 0 Å². The Balaban J connectivity index is 2.02. The molecule has 0 atom stereocenters. The van der Waals surface area contributed by atoms with Gasteiger partial charge < -0.3 is 0 Å². The van der Waals surface area contributed by atoms with Crippen LogP contribution in [0.3, 0.4) is 0 Å². The topological polar surface area (TPSA) is 25.8 Å². The Bertz CT molecular complexity index is 963. The summed E-state index contributed by atoms with van der Waals surface area (Å²) in [5.74, 6) is 0. The van der Waals surface area contributed by atoms with Crippen LogP contribution < -0.4 is 0 Å². The van der Waals surface area contributed by atoms with Gasteiger partial charge in [0.25, 0.3) is 0 Å². The summed E-state index contributed by atoms with van der Waals surface area (Å²) in [6.45, 7) is 0. The van der Waals surface area contributed by atoms with Crippen LogP contribution in [0.15, 0.2) is 67.1 Å². The lowest BCUT2D eigenvalue weighted by Crippen LogP contribution is -1.86. The highest BCUT2D eigenvalue weighted by atomic mass is 35.5. The molecule has 0 N–H and O–H groups in total. The van der Waals surface area contributed by atoms with Gasteiger partial charge in [-0.2, -0.15) is 0 Å². The van der Waals surface area contributed by atoms with Gasteiger partial charge in [-0.25, -0.2) is 4.98 Å². The van der Waals surface area contributed by atoms with Crippen LogP contribution in [0.1, 0.15) is 0 Å². The highest BCUT2D eigenvalue weighted by Gasteiger charge is 2.08. The van der Waals surface area contributed by atoms with Crippen LogP contribution in [0.2, 0.25) is 5.15 Å². The average molecular weight is 291 g/mol. The molecule has 0 aliphatic carbocycles. The highest BCUT2D eigenvalue weighted by Crippen LogP contribution is 2.32. The fourth-order valence-electron chi connectivity index (χ4n) is 2.64. The van der Waals surface area contributed by atoms with E-state index in [1.807, 2.05) is 36.7 Å². The van der Waals surface area contributed by atoms with E-state index in [0.29, 0.717) is 5.15 Å². The molecule has 0 unspecified atom stereocenters. The molecule has 0 saturated carbocycles. The monoisotopic (exact) mass is 290 g/mol. The first kappa shape index (κ1) is 12.3.